The number of anilines is 1. The fourth-order valence-electron chi connectivity index (χ4n) is 2.21. The van der Waals surface area contributed by atoms with Crippen molar-refractivity contribution < 1.29 is 19.2 Å². The van der Waals surface area contributed by atoms with E-state index in [0.29, 0.717) is 30.2 Å². The lowest BCUT2D eigenvalue weighted by atomic mass is 10.2. The molecule has 0 aliphatic rings. The van der Waals surface area contributed by atoms with Crippen molar-refractivity contribution in [1.82, 2.24) is 5.32 Å². The average molecular weight is 471 g/mol. The zero-order chi connectivity index (χ0) is 19.1. The van der Waals surface area contributed by atoms with E-state index in [1.54, 1.807) is 24.3 Å². The van der Waals surface area contributed by atoms with E-state index in [1.807, 2.05) is 0 Å². The number of carbonyl (C=O) groups is 1. The van der Waals surface area contributed by atoms with Crippen LogP contribution in [0.2, 0.25) is 0 Å². The Balaban J connectivity index is 1.89. The van der Waals surface area contributed by atoms with Gasteiger partial charge in [-0.2, -0.15) is 0 Å². The number of ether oxygens (including phenoxy) is 2. The monoisotopic (exact) mass is 471 g/mol. The van der Waals surface area contributed by atoms with Crippen LogP contribution in [0.5, 0.6) is 11.5 Å². The van der Waals surface area contributed by atoms with Gasteiger partial charge < -0.3 is 20.1 Å². The Labute approximate surface area is 164 Å². The number of nitro groups is 1. The molecule has 0 fully saturated rings. The second kappa shape index (κ2) is 9.22. The van der Waals surface area contributed by atoms with E-state index in [2.05, 4.69) is 33.2 Å². The third-order valence-corrected chi connectivity index (χ3v) is 4.43. The molecule has 8 nitrogen and oxygen atoms in total. The summed E-state index contributed by atoms with van der Waals surface area (Å²) >= 11 is 2.07. The number of amides is 1. The fraction of sp³-hybridized carbons (Fsp3) is 0.235. The topological polar surface area (TPSA) is 103 Å². The number of methoxy groups -OCH3 is 2. The van der Waals surface area contributed by atoms with E-state index in [0.717, 1.165) is 9.26 Å². The number of nitro benzene ring substituents is 1. The minimum Gasteiger partial charge on any atom is -0.493 e. The normalized spacial score (nSPS) is 10.1. The highest BCUT2D eigenvalue weighted by atomic mass is 127. The molecule has 0 unspecified atom stereocenters. The van der Waals surface area contributed by atoms with Gasteiger partial charge in [0.05, 0.1) is 24.7 Å². The molecule has 0 aliphatic heterocycles. The van der Waals surface area contributed by atoms with Gasteiger partial charge in [0.1, 0.15) is 0 Å². The first-order valence-corrected chi connectivity index (χ1v) is 8.72. The smallest absolute Gasteiger partial charge is 0.269 e. The molecule has 0 bridgehead atoms. The maximum atomic E-state index is 12.3. The Hall–Kier alpha value is -2.56. The lowest BCUT2D eigenvalue weighted by Crippen LogP contribution is -2.29. The SMILES string of the molecule is COc1cc(I)c(C(=O)NCCNc2ccc([N+](=O)[O-])cc2)cc1OC. The molecule has 2 N–H and O–H groups in total. The average Bonchev–Trinajstić information content (AvgIpc) is 2.65. The van der Waals surface area contributed by atoms with Crippen molar-refractivity contribution >= 4 is 39.9 Å². The van der Waals surface area contributed by atoms with Crippen LogP contribution in [0.25, 0.3) is 0 Å². The minimum absolute atomic E-state index is 0.0341. The molecule has 2 aromatic carbocycles. The minimum atomic E-state index is -0.450. The maximum Gasteiger partial charge on any atom is 0.269 e. The summed E-state index contributed by atoms with van der Waals surface area (Å²) in [6.07, 6.45) is 0. The number of rotatable bonds is 8. The van der Waals surface area contributed by atoms with Gasteiger partial charge in [0, 0.05) is 34.5 Å². The van der Waals surface area contributed by atoms with E-state index in [-0.39, 0.29) is 11.6 Å². The largest absolute Gasteiger partial charge is 0.493 e. The predicted octanol–water partition coefficient (Wildman–Crippen LogP) is 3.06. The Morgan fingerprint density at radius 2 is 1.73 bits per heavy atom. The van der Waals surface area contributed by atoms with Crippen LogP contribution >= 0.6 is 22.6 Å². The summed E-state index contributed by atoms with van der Waals surface area (Å²) in [5.41, 5.74) is 1.27. The van der Waals surface area contributed by atoms with Crippen LogP contribution in [0.1, 0.15) is 10.4 Å². The summed E-state index contributed by atoms with van der Waals surface area (Å²) in [5, 5.41) is 16.5. The van der Waals surface area contributed by atoms with E-state index in [1.165, 1.54) is 26.4 Å². The van der Waals surface area contributed by atoms with Gasteiger partial charge in [0.15, 0.2) is 11.5 Å². The van der Waals surface area contributed by atoms with Gasteiger partial charge in [-0.15, -0.1) is 0 Å². The van der Waals surface area contributed by atoms with Crippen LogP contribution in [-0.2, 0) is 0 Å². The molecule has 2 rings (SSSR count). The molecule has 0 atom stereocenters. The molecule has 0 radical (unpaired) electrons. The predicted molar refractivity (Wildman–Crippen MR) is 106 cm³/mol. The van der Waals surface area contributed by atoms with Crippen molar-refractivity contribution in [3.05, 3.63) is 55.6 Å². The van der Waals surface area contributed by atoms with Gasteiger partial charge in [0.25, 0.3) is 11.6 Å². The number of carbonyl (C=O) groups excluding carboxylic acids is 1. The van der Waals surface area contributed by atoms with Crippen molar-refractivity contribution in [3.63, 3.8) is 0 Å². The summed E-state index contributed by atoms with van der Waals surface area (Å²) in [7, 11) is 3.05. The van der Waals surface area contributed by atoms with Crippen molar-refractivity contribution in [2.75, 3.05) is 32.6 Å². The Morgan fingerprint density at radius 3 is 2.31 bits per heavy atom. The van der Waals surface area contributed by atoms with Gasteiger partial charge in [-0.3, -0.25) is 14.9 Å². The molecule has 9 heteroatoms. The molecule has 0 aliphatic carbocycles. The standard InChI is InChI=1S/C17H18IN3O5/c1-25-15-9-13(14(18)10-16(15)26-2)17(22)20-8-7-19-11-3-5-12(6-4-11)21(23)24/h3-6,9-10,19H,7-8H2,1-2H3,(H,20,22). The molecule has 0 saturated heterocycles. The highest BCUT2D eigenvalue weighted by molar-refractivity contribution is 14.1. The number of hydrogen-bond acceptors (Lipinski definition) is 6. The van der Waals surface area contributed by atoms with Crippen LogP contribution in [-0.4, -0.2) is 38.1 Å². The lowest BCUT2D eigenvalue weighted by molar-refractivity contribution is -0.384. The van der Waals surface area contributed by atoms with Gasteiger partial charge in [-0.25, -0.2) is 0 Å². The van der Waals surface area contributed by atoms with Crippen LogP contribution in [0.3, 0.4) is 0 Å². The van der Waals surface area contributed by atoms with Crippen LogP contribution in [0, 0.1) is 13.7 Å². The number of hydrogen-bond donors (Lipinski definition) is 2. The molecule has 2 aromatic rings. The van der Waals surface area contributed by atoms with Crippen molar-refractivity contribution in [2.45, 2.75) is 0 Å². The number of non-ortho nitro benzene ring substituents is 1. The molecule has 138 valence electrons. The highest BCUT2D eigenvalue weighted by Crippen LogP contribution is 2.31. The van der Waals surface area contributed by atoms with Gasteiger partial charge in [-0.05, 0) is 46.9 Å². The zero-order valence-corrected chi connectivity index (χ0v) is 16.4. The molecule has 0 heterocycles. The van der Waals surface area contributed by atoms with Crippen LogP contribution in [0.15, 0.2) is 36.4 Å². The molecular weight excluding hydrogens is 453 g/mol. The number of benzene rings is 2. The quantitative estimate of drug-likeness (QED) is 0.266. The Bertz CT molecular complexity index is 796. The molecule has 0 spiro atoms. The van der Waals surface area contributed by atoms with Crippen LogP contribution < -0.4 is 20.1 Å². The Kier molecular flexibility index (Phi) is 7.01. The van der Waals surface area contributed by atoms with Crippen molar-refractivity contribution in [3.8, 4) is 11.5 Å². The number of nitrogens with zero attached hydrogens (tertiary/aromatic N) is 1. The van der Waals surface area contributed by atoms with Crippen LogP contribution in [0.4, 0.5) is 11.4 Å². The maximum absolute atomic E-state index is 12.3. The van der Waals surface area contributed by atoms with E-state index in [9.17, 15) is 14.9 Å². The van der Waals surface area contributed by atoms with E-state index < -0.39 is 4.92 Å². The summed E-state index contributed by atoms with van der Waals surface area (Å²) in [5.74, 6) is 0.830. The van der Waals surface area contributed by atoms with Crippen molar-refractivity contribution in [1.29, 1.82) is 0 Å². The zero-order valence-electron chi connectivity index (χ0n) is 14.2. The fourth-order valence-corrected chi connectivity index (χ4v) is 2.89. The first-order valence-electron chi connectivity index (χ1n) is 7.64. The summed E-state index contributed by atoms with van der Waals surface area (Å²) in [6, 6.07) is 9.47. The van der Waals surface area contributed by atoms with Gasteiger partial charge in [0.2, 0.25) is 0 Å². The third-order valence-electron chi connectivity index (χ3n) is 3.54. The van der Waals surface area contributed by atoms with E-state index in [4.69, 9.17) is 9.47 Å². The highest BCUT2D eigenvalue weighted by Gasteiger charge is 2.15. The molecule has 0 saturated carbocycles. The molecular formula is C17H18IN3O5. The number of nitrogens with one attached hydrogen (secondary N) is 2. The summed E-state index contributed by atoms with van der Waals surface area (Å²) in [6.45, 7) is 0.869. The first-order chi connectivity index (χ1) is 12.5. The van der Waals surface area contributed by atoms with E-state index >= 15 is 0 Å². The lowest BCUT2D eigenvalue weighted by Gasteiger charge is -2.12. The second-order valence-corrected chi connectivity index (χ2v) is 6.34. The van der Waals surface area contributed by atoms with Gasteiger partial charge in [-0.1, -0.05) is 0 Å². The molecule has 1 amide bonds. The summed E-state index contributed by atoms with van der Waals surface area (Å²) in [4.78, 5) is 22.5. The second-order valence-electron chi connectivity index (χ2n) is 5.17. The number of halogens is 1. The Morgan fingerprint density at radius 1 is 1.12 bits per heavy atom. The van der Waals surface area contributed by atoms with Crippen molar-refractivity contribution in [2.24, 2.45) is 0 Å². The third kappa shape index (κ3) is 4.97. The summed E-state index contributed by atoms with van der Waals surface area (Å²) < 4.78 is 11.2. The first kappa shape index (κ1) is 19.8. The van der Waals surface area contributed by atoms with Gasteiger partial charge >= 0.3 is 0 Å². The molecule has 26 heavy (non-hydrogen) atoms. The molecule has 0 aromatic heterocycles.